The number of aromatic hydroxyl groups is 1. The van der Waals surface area contributed by atoms with Crippen molar-refractivity contribution in [2.75, 3.05) is 33.5 Å². The lowest BCUT2D eigenvalue weighted by Crippen LogP contribution is -2.34. The van der Waals surface area contributed by atoms with E-state index < -0.39 is 0 Å². The summed E-state index contributed by atoms with van der Waals surface area (Å²) in [4.78, 5) is 26.2. The Hall–Kier alpha value is -3.64. The lowest BCUT2D eigenvalue weighted by atomic mass is 9.82. The van der Waals surface area contributed by atoms with Gasteiger partial charge in [0, 0.05) is 30.3 Å². The van der Waals surface area contributed by atoms with Crippen molar-refractivity contribution >= 4 is 22.9 Å². The summed E-state index contributed by atoms with van der Waals surface area (Å²) in [5, 5.41) is 13.6. The average Bonchev–Trinajstić information content (AvgIpc) is 2.71. The van der Waals surface area contributed by atoms with Gasteiger partial charge in [0.25, 0.3) is 0 Å². The van der Waals surface area contributed by atoms with E-state index in [1.54, 1.807) is 37.4 Å². The van der Waals surface area contributed by atoms with Crippen LogP contribution in [0.5, 0.6) is 17.2 Å². The zero-order valence-electron chi connectivity index (χ0n) is 17.3. The zero-order chi connectivity index (χ0) is 21.6. The number of carbonyl (C=O) groups excluding carboxylic acids is 2. The summed E-state index contributed by atoms with van der Waals surface area (Å²) in [5.74, 6) is -0.160. The highest BCUT2D eigenvalue weighted by Gasteiger charge is 2.35. The Bertz CT molecular complexity index is 1190. The number of ether oxygens (including phenoxy) is 1. The minimum atomic E-state index is -0.382. The van der Waals surface area contributed by atoms with E-state index in [-0.39, 0.29) is 39.8 Å². The second-order valence-electron chi connectivity index (χ2n) is 8.08. The fraction of sp³-hybridized carbons (Fsp3) is 0.167. The number of nitrogens with one attached hydrogen (secondary N) is 1. The molecule has 0 heterocycles. The Morgan fingerprint density at radius 2 is 1.50 bits per heavy atom. The van der Waals surface area contributed by atoms with Crippen molar-refractivity contribution in [1.29, 1.82) is 0 Å². The van der Waals surface area contributed by atoms with Gasteiger partial charge in [-0.25, -0.2) is 0 Å². The first-order valence-electron chi connectivity index (χ1n) is 9.58. The lowest BCUT2D eigenvalue weighted by molar-refractivity contribution is 0.0977. The van der Waals surface area contributed by atoms with Gasteiger partial charge in [-0.1, -0.05) is 30.3 Å². The first-order chi connectivity index (χ1) is 14.2. The van der Waals surface area contributed by atoms with E-state index in [0.717, 1.165) is 5.69 Å². The van der Waals surface area contributed by atoms with Crippen molar-refractivity contribution < 1.29 is 19.4 Å². The van der Waals surface area contributed by atoms with Crippen molar-refractivity contribution in [3.63, 3.8) is 0 Å². The summed E-state index contributed by atoms with van der Waals surface area (Å²) in [6, 6.07) is 15.6. The number of fused-ring (bicyclic) bond motifs is 2. The van der Waals surface area contributed by atoms with Crippen molar-refractivity contribution in [2.24, 2.45) is 0 Å². The summed E-state index contributed by atoms with van der Waals surface area (Å²) in [6.45, 7) is 0. The third-order valence-corrected chi connectivity index (χ3v) is 5.21. The molecule has 0 amide bonds. The molecule has 0 aliphatic heterocycles. The number of hydrogen-bond acceptors (Lipinski definition) is 5. The molecule has 0 atom stereocenters. The topological polar surface area (TPSA) is 75.6 Å². The maximum Gasteiger partial charge on any atom is 0.198 e. The SMILES string of the molecule is CNc1c(Oc2cccc([N+](C)(C)C)c2)cc(O)c2c1C(=O)c1ccccc1C2=O. The van der Waals surface area contributed by atoms with Gasteiger partial charge in [-0.2, -0.15) is 0 Å². The maximum absolute atomic E-state index is 13.2. The van der Waals surface area contributed by atoms with Crippen LogP contribution in [-0.4, -0.2) is 44.9 Å². The fourth-order valence-corrected chi connectivity index (χ4v) is 3.67. The van der Waals surface area contributed by atoms with Crippen LogP contribution in [0.4, 0.5) is 11.4 Å². The van der Waals surface area contributed by atoms with Crippen molar-refractivity contribution in [3.8, 4) is 17.2 Å². The number of benzene rings is 3. The molecule has 0 saturated heterocycles. The molecule has 0 fully saturated rings. The highest BCUT2D eigenvalue weighted by Crippen LogP contribution is 2.44. The van der Waals surface area contributed by atoms with Crippen LogP contribution in [0.15, 0.2) is 54.6 Å². The van der Waals surface area contributed by atoms with Crippen LogP contribution in [-0.2, 0) is 0 Å². The molecule has 0 spiro atoms. The molecule has 6 nitrogen and oxygen atoms in total. The van der Waals surface area contributed by atoms with Crippen LogP contribution in [0, 0.1) is 0 Å². The molecule has 0 unspecified atom stereocenters. The van der Waals surface area contributed by atoms with Crippen molar-refractivity contribution in [3.05, 3.63) is 76.9 Å². The molecule has 3 aromatic carbocycles. The minimum Gasteiger partial charge on any atom is -0.507 e. The van der Waals surface area contributed by atoms with E-state index in [1.807, 2.05) is 39.3 Å². The molecule has 30 heavy (non-hydrogen) atoms. The molecular formula is C24H23N2O4+. The van der Waals surface area contributed by atoms with Crippen molar-refractivity contribution in [1.82, 2.24) is 4.48 Å². The van der Waals surface area contributed by atoms with Crippen molar-refractivity contribution in [2.45, 2.75) is 0 Å². The molecule has 1 aliphatic rings. The molecule has 1 aliphatic carbocycles. The number of anilines is 1. The van der Waals surface area contributed by atoms with E-state index in [2.05, 4.69) is 5.32 Å². The molecule has 0 aromatic heterocycles. The normalized spacial score (nSPS) is 12.9. The average molecular weight is 403 g/mol. The van der Waals surface area contributed by atoms with Crippen LogP contribution >= 0.6 is 0 Å². The van der Waals surface area contributed by atoms with Crippen LogP contribution in [0.1, 0.15) is 31.8 Å². The highest BCUT2D eigenvalue weighted by molar-refractivity contribution is 6.31. The number of phenolic OH excluding ortho intramolecular Hbond substituents is 1. The Balaban J connectivity index is 1.86. The van der Waals surface area contributed by atoms with E-state index in [0.29, 0.717) is 21.5 Å². The van der Waals surface area contributed by atoms with Crippen LogP contribution in [0.2, 0.25) is 0 Å². The van der Waals surface area contributed by atoms with Gasteiger partial charge in [0.15, 0.2) is 17.3 Å². The number of carbonyl (C=O) groups is 2. The Labute approximate surface area is 174 Å². The maximum atomic E-state index is 13.2. The first kappa shape index (κ1) is 19.7. The number of phenols is 1. The lowest BCUT2D eigenvalue weighted by Gasteiger charge is -2.25. The van der Waals surface area contributed by atoms with Gasteiger partial charge in [-0.05, 0) is 12.1 Å². The third-order valence-electron chi connectivity index (χ3n) is 5.21. The smallest absolute Gasteiger partial charge is 0.198 e. The molecule has 4 rings (SSSR count). The quantitative estimate of drug-likeness (QED) is 0.395. The fourth-order valence-electron chi connectivity index (χ4n) is 3.67. The number of quaternary nitrogens is 1. The van der Waals surface area contributed by atoms with Gasteiger partial charge in [0.1, 0.15) is 17.2 Å². The zero-order valence-corrected chi connectivity index (χ0v) is 17.3. The van der Waals surface area contributed by atoms with E-state index >= 15 is 0 Å². The molecule has 3 aromatic rings. The van der Waals surface area contributed by atoms with Crippen LogP contribution in [0.3, 0.4) is 0 Å². The predicted molar refractivity (Wildman–Crippen MR) is 117 cm³/mol. The van der Waals surface area contributed by atoms with Crippen LogP contribution < -0.4 is 14.5 Å². The summed E-state index contributed by atoms with van der Waals surface area (Å²) < 4.78 is 6.67. The van der Waals surface area contributed by atoms with E-state index in [4.69, 9.17) is 4.74 Å². The highest BCUT2D eigenvalue weighted by atomic mass is 16.5. The third kappa shape index (κ3) is 3.11. The predicted octanol–water partition coefficient (Wildman–Crippen LogP) is 4.20. The molecule has 152 valence electrons. The largest absolute Gasteiger partial charge is 0.507 e. The second kappa shape index (κ2) is 7.00. The summed E-state index contributed by atoms with van der Waals surface area (Å²) in [7, 11) is 7.79. The Kier molecular flexibility index (Phi) is 4.59. The van der Waals surface area contributed by atoms with Gasteiger partial charge in [0.05, 0.1) is 38.0 Å². The number of hydrogen-bond donors (Lipinski definition) is 2. The van der Waals surface area contributed by atoms with E-state index in [9.17, 15) is 14.7 Å². The molecule has 0 radical (unpaired) electrons. The van der Waals surface area contributed by atoms with Crippen LogP contribution in [0.25, 0.3) is 0 Å². The summed E-state index contributed by atoms with van der Waals surface area (Å²) >= 11 is 0. The Morgan fingerprint density at radius 3 is 2.10 bits per heavy atom. The number of ketones is 2. The van der Waals surface area contributed by atoms with Gasteiger partial charge < -0.3 is 15.2 Å². The second-order valence-corrected chi connectivity index (χ2v) is 8.08. The molecular weight excluding hydrogens is 380 g/mol. The molecule has 2 N–H and O–H groups in total. The standard InChI is InChI=1S/C24H22N2O4/c1-25-22-19(30-15-9-7-8-14(12-15)26(2,3)4)13-18(27)20-21(22)24(29)17-11-6-5-10-16(17)23(20)28/h5-13H,1-4H3,(H-,25,27,28,29)/p+1. The summed E-state index contributed by atoms with van der Waals surface area (Å²) in [6.07, 6.45) is 0. The van der Waals surface area contributed by atoms with E-state index in [1.165, 1.54) is 6.07 Å². The monoisotopic (exact) mass is 403 g/mol. The van der Waals surface area contributed by atoms with Gasteiger partial charge >= 0.3 is 0 Å². The molecule has 6 heteroatoms. The Morgan fingerprint density at radius 1 is 0.867 bits per heavy atom. The summed E-state index contributed by atoms with van der Waals surface area (Å²) in [5.41, 5.74) is 2.12. The molecule has 0 saturated carbocycles. The number of rotatable bonds is 4. The first-order valence-corrected chi connectivity index (χ1v) is 9.58. The number of nitrogens with zero attached hydrogens (tertiary/aromatic N) is 1. The van der Waals surface area contributed by atoms with Gasteiger partial charge in [-0.15, -0.1) is 0 Å². The van der Waals surface area contributed by atoms with Gasteiger partial charge in [0.2, 0.25) is 0 Å². The van der Waals surface area contributed by atoms with Gasteiger partial charge in [-0.3, -0.25) is 14.1 Å². The minimum absolute atomic E-state index is 0.00416. The molecule has 0 bridgehead atoms.